The number of anilines is 1. The fourth-order valence-corrected chi connectivity index (χ4v) is 5.83. The van der Waals surface area contributed by atoms with Crippen LogP contribution in [0.2, 0.25) is 0 Å². The molecular weight excluding hydrogens is 460 g/mol. The Morgan fingerprint density at radius 3 is 2.38 bits per heavy atom. The molecule has 2 fully saturated rings. The molecule has 37 heavy (non-hydrogen) atoms. The lowest BCUT2D eigenvalue weighted by atomic mass is 9.93. The van der Waals surface area contributed by atoms with Gasteiger partial charge in [0.05, 0.1) is 6.10 Å². The van der Waals surface area contributed by atoms with E-state index in [2.05, 4.69) is 71.0 Å². The maximum Gasteiger partial charge on any atom is 0.224 e. The van der Waals surface area contributed by atoms with Crippen LogP contribution in [-0.4, -0.2) is 75.3 Å². The third-order valence-corrected chi connectivity index (χ3v) is 8.60. The molecule has 2 aromatic heterocycles. The van der Waals surface area contributed by atoms with Crippen molar-refractivity contribution in [2.24, 2.45) is 5.92 Å². The molecule has 1 aromatic carbocycles. The lowest BCUT2D eigenvalue weighted by Gasteiger charge is -2.32. The zero-order chi connectivity index (χ0) is 25.8. The summed E-state index contributed by atoms with van der Waals surface area (Å²) in [6, 6.07) is 9.43. The Morgan fingerprint density at radius 1 is 1.00 bits per heavy atom. The zero-order valence-corrected chi connectivity index (χ0v) is 22.9. The van der Waals surface area contributed by atoms with E-state index in [9.17, 15) is 5.11 Å². The highest BCUT2D eigenvalue weighted by Gasteiger charge is 2.24. The number of aliphatic hydroxyl groups is 1. The van der Waals surface area contributed by atoms with Gasteiger partial charge in [0.2, 0.25) is 5.95 Å². The molecule has 3 aromatic rings. The van der Waals surface area contributed by atoms with Crippen molar-refractivity contribution in [3.8, 4) is 11.1 Å². The summed E-state index contributed by atoms with van der Waals surface area (Å²) >= 11 is 0. The van der Waals surface area contributed by atoms with E-state index in [1.807, 2.05) is 6.20 Å². The van der Waals surface area contributed by atoms with Crippen molar-refractivity contribution < 1.29 is 5.11 Å². The maximum atomic E-state index is 10.1. The topological polar surface area (TPSA) is 69.5 Å². The van der Waals surface area contributed by atoms with Crippen LogP contribution in [-0.2, 0) is 6.54 Å². The molecule has 0 radical (unpaired) electrons. The minimum Gasteiger partial charge on any atom is -0.393 e. The Bertz CT molecular complexity index is 1140. The number of nitrogens with zero attached hydrogens (tertiary/aromatic N) is 5. The largest absolute Gasteiger partial charge is 0.393 e. The van der Waals surface area contributed by atoms with Crippen LogP contribution in [0.25, 0.3) is 22.2 Å². The number of hydrogen-bond donors (Lipinski definition) is 2. The van der Waals surface area contributed by atoms with Gasteiger partial charge in [-0.25, -0.2) is 4.98 Å². The first-order valence-electron chi connectivity index (χ1n) is 14.3. The highest BCUT2D eigenvalue weighted by atomic mass is 16.3. The minimum absolute atomic E-state index is 0.169. The van der Waals surface area contributed by atoms with Crippen LogP contribution in [0.1, 0.15) is 64.0 Å². The van der Waals surface area contributed by atoms with Gasteiger partial charge >= 0.3 is 0 Å². The standard InChI is InChI=1S/C30H44N6O/c1-4-22(5-2)18-31-30-32-19-27-28(21-36(29(27)33-30)25-10-12-26(37)13-11-25)24-8-6-23(7-9-24)20-35-16-14-34(3)15-17-35/h6-9,19,21-22,25-26,37H,4-5,10-18,20H2,1-3H3,(H,31,32,33)/t25-,26-. The van der Waals surface area contributed by atoms with E-state index in [4.69, 9.17) is 9.97 Å². The van der Waals surface area contributed by atoms with Gasteiger partial charge in [0.25, 0.3) is 0 Å². The lowest BCUT2D eigenvalue weighted by molar-refractivity contribution is 0.111. The Balaban J connectivity index is 1.41. The third-order valence-electron chi connectivity index (χ3n) is 8.60. The van der Waals surface area contributed by atoms with Gasteiger partial charge in [-0.15, -0.1) is 0 Å². The number of fused-ring (bicyclic) bond motifs is 1. The molecule has 0 atom stereocenters. The van der Waals surface area contributed by atoms with Gasteiger partial charge in [0.15, 0.2) is 0 Å². The fraction of sp³-hybridized carbons (Fsp3) is 0.600. The summed E-state index contributed by atoms with van der Waals surface area (Å²) in [4.78, 5) is 14.7. The normalized spacial score (nSPS) is 21.6. The third kappa shape index (κ3) is 6.16. The Labute approximate surface area is 221 Å². The average Bonchev–Trinajstić information content (AvgIpc) is 3.30. The zero-order valence-electron chi connectivity index (χ0n) is 22.9. The molecule has 0 unspecified atom stereocenters. The lowest BCUT2D eigenvalue weighted by Crippen LogP contribution is -2.43. The average molecular weight is 505 g/mol. The molecule has 0 amide bonds. The summed E-state index contributed by atoms with van der Waals surface area (Å²) in [5.41, 5.74) is 4.77. The number of benzene rings is 1. The molecule has 1 aliphatic carbocycles. The van der Waals surface area contributed by atoms with E-state index in [0.29, 0.717) is 17.9 Å². The number of hydrogen-bond acceptors (Lipinski definition) is 6. The van der Waals surface area contributed by atoms with Gasteiger partial charge in [-0.2, -0.15) is 4.98 Å². The number of aliphatic hydroxyl groups excluding tert-OH is 1. The van der Waals surface area contributed by atoms with Crippen molar-refractivity contribution in [1.82, 2.24) is 24.3 Å². The van der Waals surface area contributed by atoms with Gasteiger partial charge in [-0.1, -0.05) is 51.0 Å². The van der Waals surface area contributed by atoms with Gasteiger partial charge < -0.3 is 19.9 Å². The second-order valence-electron chi connectivity index (χ2n) is 11.2. The second-order valence-corrected chi connectivity index (χ2v) is 11.2. The van der Waals surface area contributed by atoms with E-state index < -0.39 is 0 Å². The van der Waals surface area contributed by atoms with Crippen LogP contribution >= 0.6 is 0 Å². The molecule has 2 N–H and O–H groups in total. The van der Waals surface area contributed by atoms with E-state index in [1.54, 1.807) is 0 Å². The predicted octanol–water partition coefficient (Wildman–Crippen LogP) is 5.17. The predicted molar refractivity (Wildman–Crippen MR) is 152 cm³/mol. The second kappa shape index (κ2) is 11.9. The van der Waals surface area contributed by atoms with E-state index in [0.717, 1.165) is 88.8 Å². The van der Waals surface area contributed by atoms with E-state index >= 15 is 0 Å². The van der Waals surface area contributed by atoms with Gasteiger partial charge in [-0.3, -0.25) is 4.90 Å². The Hall–Kier alpha value is -2.48. The van der Waals surface area contributed by atoms with E-state index in [-0.39, 0.29) is 6.10 Å². The van der Waals surface area contributed by atoms with Crippen molar-refractivity contribution >= 4 is 17.0 Å². The molecule has 200 valence electrons. The summed E-state index contributed by atoms with van der Waals surface area (Å²) in [7, 11) is 2.20. The summed E-state index contributed by atoms with van der Waals surface area (Å²) in [6.07, 6.45) is 10.1. The van der Waals surface area contributed by atoms with Crippen LogP contribution < -0.4 is 5.32 Å². The van der Waals surface area contributed by atoms with Crippen LogP contribution in [0.15, 0.2) is 36.7 Å². The molecule has 1 saturated carbocycles. The molecule has 1 aliphatic heterocycles. The van der Waals surface area contributed by atoms with Crippen molar-refractivity contribution in [3.63, 3.8) is 0 Å². The van der Waals surface area contributed by atoms with Gasteiger partial charge in [0.1, 0.15) is 5.65 Å². The highest BCUT2D eigenvalue weighted by molar-refractivity contribution is 5.94. The summed E-state index contributed by atoms with van der Waals surface area (Å²) in [6.45, 7) is 10.9. The summed E-state index contributed by atoms with van der Waals surface area (Å²) in [5.74, 6) is 1.34. The summed E-state index contributed by atoms with van der Waals surface area (Å²) in [5, 5.41) is 14.7. The monoisotopic (exact) mass is 504 g/mol. The molecule has 7 nitrogen and oxygen atoms in total. The molecule has 1 saturated heterocycles. The molecule has 0 spiro atoms. The Morgan fingerprint density at radius 2 is 1.70 bits per heavy atom. The maximum absolute atomic E-state index is 10.1. The van der Waals surface area contributed by atoms with Gasteiger partial charge in [0, 0.05) is 68.7 Å². The number of nitrogens with one attached hydrogen (secondary N) is 1. The van der Waals surface area contributed by atoms with Crippen LogP contribution in [0.4, 0.5) is 5.95 Å². The number of aromatic nitrogens is 3. The molecule has 7 heteroatoms. The number of piperazine rings is 1. The fourth-order valence-electron chi connectivity index (χ4n) is 5.83. The highest BCUT2D eigenvalue weighted by Crippen LogP contribution is 2.36. The first-order valence-corrected chi connectivity index (χ1v) is 14.3. The number of likely N-dealkylation sites (N-methyl/N-ethyl adjacent to an activating group) is 1. The van der Waals surface area contributed by atoms with Crippen LogP contribution in [0, 0.1) is 5.92 Å². The molecular formula is C30H44N6O. The summed E-state index contributed by atoms with van der Waals surface area (Å²) < 4.78 is 2.36. The molecule has 3 heterocycles. The molecule has 0 bridgehead atoms. The van der Waals surface area contributed by atoms with Crippen molar-refractivity contribution in [2.75, 3.05) is 45.1 Å². The first kappa shape index (κ1) is 26.1. The Kier molecular flexibility index (Phi) is 8.43. The van der Waals surface area contributed by atoms with Crippen molar-refractivity contribution in [3.05, 3.63) is 42.2 Å². The van der Waals surface area contributed by atoms with Crippen LogP contribution in [0.3, 0.4) is 0 Å². The molecule has 2 aliphatic rings. The SMILES string of the molecule is CCC(CC)CNc1ncc2c(-c3ccc(CN4CCN(C)CC4)cc3)cn([C@H]3CC[C@H](O)CC3)c2n1. The molecule has 5 rings (SSSR count). The minimum atomic E-state index is -0.169. The van der Waals surface area contributed by atoms with Crippen molar-refractivity contribution in [1.29, 1.82) is 0 Å². The van der Waals surface area contributed by atoms with Gasteiger partial charge in [-0.05, 0) is 49.8 Å². The smallest absolute Gasteiger partial charge is 0.224 e. The van der Waals surface area contributed by atoms with E-state index in [1.165, 1.54) is 16.7 Å². The quantitative estimate of drug-likeness (QED) is 0.419. The number of rotatable bonds is 9. The van der Waals surface area contributed by atoms with Crippen molar-refractivity contribution in [2.45, 2.75) is 71.1 Å². The van der Waals surface area contributed by atoms with Crippen LogP contribution in [0.5, 0.6) is 0 Å². The first-order chi connectivity index (χ1) is 18.0.